The van der Waals surface area contributed by atoms with Crippen molar-refractivity contribution in [3.63, 3.8) is 0 Å². The molecule has 0 aliphatic carbocycles. The highest BCUT2D eigenvalue weighted by Gasteiger charge is 2.28. The lowest BCUT2D eigenvalue weighted by Crippen LogP contribution is -2.42. The lowest BCUT2D eigenvalue weighted by atomic mass is 9.86. The van der Waals surface area contributed by atoms with E-state index in [1.807, 2.05) is 69.3 Å². The topological polar surface area (TPSA) is 113 Å². The second-order valence-electron chi connectivity index (χ2n) is 9.59. The van der Waals surface area contributed by atoms with Crippen molar-refractivity contribution in [3.05, 3.63) is 88.7 Å². The van der Waals surface area contributed by atoms with Crippen LogP contribution >= 0.6 is 0 Å². The van der Waals surface area contributed by atoms with Gasteiger partial charge in [-0.05, 0) is 38.8 Å². The van der Waals surface area contributed by atoms with Gasteiger partial charge < -0.3 is 24.3 Å². The highest BCUT2D eigenvalue weighted by atomic mass is 16.7. The van der Waals surface area contributed by atoms with Crippen molar-refractivity contribution in [2.45, 2.75) is 59.1 Å². The van der Waals surface area contributed by atoms with Gasteiger partial charge in [-0.15, -0.1) is 0 Å². The molecule has 1 aromatic heterocycles. The van der Waals surface area contributed by atoms with Gasteiger partial charge in [-0.3, -0.25) is 14.6 Å². The molecule has 3 rings (SSSR count). The third-order valence-electron chi connectivity index (χ3n) is 6.33. The second-order valence-corrected chi connectivity index (χ2v) is 9.59. The van der Waals surface area contributed by atoms with Crippen molar-refractivity contribution in [2.24, 2.45) is 0 Å². The molecule has 0 spiro atoms. The van der Waals surface area contributed by atoms with Crippen molar-refractivity contribution in [1.82, 2.24) is 10.3 Å². The predicted octanol–water partition coefficient (Wildman–Crippen LogP) is 4.42. The summed E-state index contributed by atoms with van der Waals surface area (Å²) in [5, 5.41) is 2.67. The molecule has 40 heavy (non-hydrogen) atoms. The lowest BCUT2D eigenvalue weighted by Gasteiger charge is -2.27. The number of aryl methyl sites for hydroxylation is 2. The molecule has 2 atom stereocenters. The summed E-state index contributed by atoms with van der Waals surface area (Å²) in [6.07, 6.45) is 0.767. The number of rotatable bonds is 12. The lowest BCUT2D eigenvalue weighted by molar-refractivity contribution is -0.152. The molecule has 9 heteroatoms. The van der Waals surface area contributed by atoms with Gasteiger partial charge in [0.2, 0.25) is 12.7 Å². The Morgan fingerprint density at radius 3 is 2.00 bits per heavy atom. The molecular weight excluding hydrogens is 512 g/mol. The normalized spacial score (nSPS) is 12.3. The summed E-state index contributed by atoms with van der Waals surface area (Å²) in [6, 6.07) is 16.9. The van der Waals surface area contributed by atoms with Gasteiger partial charge in [0, 0.05) is 25.1 Å². The van der Waals surface area contributed by atoms with E-state index in [2.05, 4.69) is 10.3 Å². The van der Waals surface area contributed by atoms with Crippen LogP contribution in [0.25, 0.3) is 0 Å². The van der Waals surface area contributed by atoms with Gasteiger partial charge in [0.15, 0.2) is 11.5 Å². The van der Waals surface area contributed by atoms with Gasteiger partial charge in [-0.25, -0.2) is 4.79 Å². The van der Waals surface area contributed by atoms with Crippen LogP contribution in [0.4, 0.5) is 0 Å². The number of hydrogen-bond donors (Lipinski definition) is 1. The van der Waals surface area contributed by atoms with E-state index >= 15 is 0 Å². The number of pyridine rings is 1. The van der Waals surface area contributed by atoms with Crippen LogP contribution in [0.2, 0.25) is 0 Å². The molecule has 9 nitrogen and oxygen atoms in total. The van der Waals surface area contributed by atoms with Crippen LogP contribution < -0.4 is 14.8 Å². The van der Waals surface area contributed by atoms with E-state index in [0.29, 0.717) is 5.75 Å². The minimum absolute atomic E-state index is 0.171. The molecule has 0 saturated carbocycles. The Morgan fingerprint density at radius 1 is 0.900 bits per heavy atom. The zero-order valence-corrected chi connectivity index (χ0v) is 23.7. The van der Waals surface area contributed by atoms with Crippen molar-refractivity contribution in [2.75, 3.05) is 13.9 Å². The SMILES string of the molecule is COc1ccnc(CC(=O)N[C@@H](C)C(=O)O[C@@H](C)C(c2ccc(C)cc2)c2ccc(C)cc2)c1OCOC(C)=O. The number of hydrogen-bond acceptors (Lipinski definition) is 8. The summed E-state index contributed by atoms with van der Waals surface area (Å²) in [5.74, 6) is -1.24. The maximum Gasteiger partial charge on any atom is 0.328 e. The van der Waals surface area contributed by atoms with E-state index in [-0.39, 0.29) is 30.6 Å². The average Bonchev–Trinajstić information content (AvgIpc) is 2.91. The zero-order valence-electron chi connectivity index (χ0n) is 23.7. The molecule has 0 aliphatic rings. The highest BCUT2D eigenvalue weighted by Crippen LogP contribution is 2.31. The van der Waals surface area contributed by atoms with Crippen LogP contribution in [-0.2, 0) is 30.3 Å². The van der Waals surface area contributed by atoms with E-state index in [0.717, 1.165) is 22.3 Å². The van der Waals surface area contributed by atoms with E-state index in [9.17, 15) is 14.4 Å². The second kappa shape index (κ2) is 14.1. The van der Waals surface area contributed by atoms with Crippen LogP contribution in [0, 0.1) is 13.8 Å². The molecule has 2 aromatic carbocycles. The Kier molecular flexibility index (Phi) is 10.6. The van der Waals surface area contributed by atoms with Crippen LogP contribution in [0.15, 0.2) is 60.8 Å². The maximum atomic E-state index is 13.0. The molecule has 1 heterocycles. The van der Waals surface area contributed by atoms with Crippen molar-refractivity contribution in [1.29, 1.82) is 0 Å². The van der Waals surface area contributed by atoms with E-state index in [4.69, 9.17) is 18.9 Å². The Morgan fingerprint density at radius 2 is 1.48 bits per heavy atom. The first kappa shape index (κ1) is 30.1. The first-order valence-electron chi connectivity index (χ1n) is 13.0. The molecule has 0 saturated heterocycles. The van der Waals surface area contributed by atoms with Crippen LogP contribution in [-0.4, -0.2) is 48.9 Å². The number of methoxy groups -OCH3 is 1. The van der Waals surface area contributed by atoms with Crippen molar-refractivity contribution in [3.8, 4) is 11.5 Å². The summed E-state index contributed by atoms with van der Waals surface area (Å²) < 4.78 is 21.5. The molecular formula is C31H36N2O7. The van der Waals surface area contributed by atoms with Gasteiger partial charge in [0.1, 0.15) is 12.1 Å². The quantitative estimate of drug-likeness (QED) is 0.262. The summed E-state index contributed by atoms with van der Waals surface area (Å²) in [7, 11) is 1.44. The third-order valence-corrected chi connectivity index (χ3v) is 6.33. The smallest absolute Gasteiger partial charge is 0.328 e. The van der Waals surface area contributed by atoms with Crippen molar-refractivity contribution < 1.29 is 33.3 Å². The standard InChI is InChI=1S/C31H36N2O7/c1-19-7-11-24(12-8-19)29(25-13-9-20(2)10-14-25)22(4)40-31(36)21(3)33-28(35)17-26-30(39-18-38-23(5)34)27(37-6)15-16-32-26/h7-16,21-22,29H,17-18H2,1-6H3,(H,33,35)/t21-,22-/m0/s1. The fourth-order valence-corrected chi connectivity index (χ4v) is 4.22. The number of carbonyl (C=O) groups excluding carboxylic acids is 3. The Labute approximate surface area is 234 Å². The maximum absolute atomic E-state index is 13.0. The van der Waals surface area contributed by atoms with Gasteiger partial charge in [0.05, 0.1) is 19.2 Å². The molecule has 1 N–H and O–H groups in total. The monoisotopic (exact) mass is 548 g/mol. The minimum Gasteiger partial charge on any atom is -0.493 e. The summed E-state index contributed by atoms with van der Waals surface area (Å²) in [6.45, 7) is 8.35. The number of esters is 2. The fourth-order valence-electron chi connectivity index (χ4n) is 4.22. The van der Waals surface area contributed by atoms with Gasteiger partial charge in [0.25, 0.3) is 0 Å². The third kappa shape index (κ3) is 8.30. The number of benzene rings is 2. The number of nitrogens with one attached hydrogen (secondary N) is 1. The molecule has 0 radical (unpaired) electrons. The Hall–Kier alpha value is -4.40. The Bertz CT molecular complexity index is 1260. The predicted molar refractivity (Wildman–Crippen MR) is 149 cm³/mol. The largest absolute Gasteiger partial charge is 0.493 e. The number of nitrogens with zero attached hydrogens (tertiary/aromatic N) is 1. The van der Waals surface area contributed by atoms with Crippen LogP contribution in [0.3, 0.4) is 0 Å². The zero-order chi connectivity index (χ0) is 29.2. The van der Waals surface area contributed by atoms with E-state index < -0.39 is 30.0 Å². The van der Waals surface area contributed by atoms with E-state index in [1.165, 1.54) is 20.2 Å². The van der Waals surface area contributed by atoms with Gasteiger partial charge >= 0.3 is 11.9 Å². The molecule has 0 aliphatic heterocycles. The molecule has 0 unspecified atom stereocenters. The van der Waals surface area contributed by atoms with Crippen LogP contribution in [0.5, 0.6) is 11.5 Å². The first-order chi connectivity index (χ1) is 19.1. The Balaban J connectivity index is 1.69. The first-order valence-corrected chi connectivity index (χ1v) is 13.0. The number of ether oxygens (including phenoxy) is 4. The van der Waals surface area contributed by atoms with Crippen molar-refractivity contribution >= 4 is 17.8 Å². The van der Waals surface area contributed by atoms with E-state index in [1.54, 1.807) is 13.0 Å². The molecule has 0 bridgehead atoms. The summed E-state index contributed by atoms with van der Waals surface area (Å²) in [4.78, 5) is 41.2. The summed E-state index contributed by atoms with van der Waals surface area (Å²) in [5.41, 5.74) is 4.58. The number of aromatic nitrogens is 1. The van der Waals surface area contributed by atoms with Gasteiger partial charge in [-0.2, -0.15) is 0 Å². The minimum atomic E-state index is -0.914. The number of carbonyl (C=O) groups is 3. The fraction of sp³-hybridized carbons (Fsp3) is 0.355. The molecule has 1 amide bonds. The molecule has 0 fully saturated rings. The molecule has 212 valence electrons. The molecule has 3 aromatic rings. The highest BCUT2D eigenvalue weighted by molar-refractivity contribution is 5.85. The van der Waals surface area contributed by atoms with Crippen LogP contribution in [0.1, 0.15) is 54.6 Å². The van der Waals surface area contributed by atoms with Gasteiger partial charge in [-0.1, -0.05) is 59.7 Å². The number of amides is 1. The average molecular weight is 549 g/mol. The summed E-state index contributed by atoms with van der Waals surface area (Å²) >= 11 is 0.